The Hall–Kier alpha value is 0.463. The quantitative estimate of drug-likeness (QED) is 0.626. The molecule has 0 saturated heterocycles. The number of hydrogen-bond donors (Lipinski definition) is 0. The van der Waals surface area contributed by atoms with Crippen molar-refractivity contribution in [2.45, 2.75) is 18.6 Å². The molecule has 0 aliphatic carbocycles. The molecule has 0 aliphatic heterocycles. The maximum absolute atomic E-state index is 2.43. The van der Waals surface area contributed by atoms with Gasteiger partial charge in [-0.3, -0.25) is 0 Å². The fourth-order valence-electron chi connectivity index (χ4n) is 1.65. The molecule has 0 heterocycles. The van der Waals surface area contributed by atoms with E-state index in [9.17, 15) is 0 Å². The van der Waals surface area contributed by atoms with Crippen LogP contribution in [0.4, 0.5) is 0 Å². The first-order valence-corrected chi connectivity index (χ1v) is 7.36. The van der Waals surface area contributed by atoms with Crippen LogP contribution in [-0.2, 0) is 0 Å². The van der Waals surface area contributed by atoms with E-state index in [2.05, 4.69) is 49.8 Å². The van der Waals surface area contributed by atoms with Gasteiger partial charge in [0.1, 0.15) is 0 Å². The van der Waals surface area contributed by atoms with E-state index in [0.29, 0.717) is 0 Å². The van der Waals surface area contributed by atoms with Crippen LogP contribution in [0.5, 0.6) is 0 Å². The van der Waals surface area contributed by atoms with Crippen molar-refractivity contribution < 1.29 is 0 Å². The molecule has 0 aromatic carbocycles. The molecular weight excluding hydrogens is 185 g/mol. The second-order valence-corrected chi connectivity index (χ2v) is 12.5. The van der Waals surface area contributed by atoms with Crippen molar-refractivity contribution in [1.82, 2.24) is 7.71 Å². The zero-order chi connectivity index (χ0) is 8.31. The summed E-state index contributed by atoms with van der Waals surface area (Å²) in [7, 11) is 8.80. The van der Waals surface area contributed by atoms with Gasteiger partial charge in [0.05, 0.1) is 0 Å². The third-order valence-corrected chi connectivity index (χ3v) is 8.60. The second-order valence-electron chi connectivity index (χ2n) is 3.58. The van der Waals surface area contributed by atoms with Crippen LogP contribution in [0, 0.1) is 0 Å². The van der Waals surface area contributed by atoms with Crippen molar-refractivity contribution in [2.75, 3.05) is 28.2 Å². The van der Waals surface area contributed by atoms with Gasteiger partial charge in [0.25, 0.3) is 0 Å². The Kier molecular flexibility index (Phi) is 4.57. The molecule has 0 spiro atoms. The first-order valence-electron chi connectivity index (χ1n) is 3.79. The van der Waals surface area contributed by atoms with Gasteiger partial charge < -0.3 is 0 Å². The predicted octanol–water partition coefficient (Wildman–Crippen LogP) is 0.740. The molecule has 0 aliphatic rings. The Labute approximate surface area is 69.7 Å². The van der Waals surface area contributed by atoms with Gasteiger partial charge in [0, 0.05) is 0 Å². The fourth-order valence-corrected chi connectivity index (χ4v) is 8.60. The van der Waals surface area contributed by atoms with Gasteiger partial charge in [0.2, 0.25) is 0 Å². The minimum absolute atomic E-state index is 0.873. The summed E-state index contributed by atoms with van der Waals surface area (Å²) in [4.78, 5) is 0. The summed E-state index contributed by atoms with van der Waals surface area (Å²) in [5.74, 6) is 0. The standard InChI is InChI=1S/C7H20GeN2/c1-7(2)8(9(3)4)10(5)6/h7-8H,1-6H3. The third-order valence-electron chi connectivity index (χ3n) is 1.65. The van der Waals surface area contributed by atoms with E-state index in [1.807, 2.05) is 0 Å². The molecular formula is C7H20GeN2. The Morgan fingerprint density at radius 2 is 1.20 bits per heavy atom. The van der Waals surface area contributed by atoms with E-state index < -0.39 is 14.8 Å². The van der Waals surface area contributed by atoms with Crippen molar-refractivity contribution in [1.29, 1.82) is 0 Å². The van der Waals surface area contributed by atoms with Gasteiger partial charge in [-0.15, -0.1) is 0 Å². The molecule has 10 heavy (non-hydrogen) atoms. The van der Waals surface area contributed by atoms with E-state index in [1.165, 1.54) is 0 Å². The Morgan fingerprint density at radius 3 is 1.20 bits per heavy atom. The molecule has 0 radical (unpaired) electrons. The maximum atomic E-state index is 2.43. The van der Waals surface area contributed by atoms with E-state index in [0.717, 1.165) is 4.75 Å². The summed E-state index contributed by atoms with van der Waals surface area (Å²) in [6.07, 6.45) is 0. The SMILES string of the molecule is C[CH](C)[GeH]([N](C)C)[N](C)C. The zero-order valence-corrected chi connectivity index (χ0v) is 10.5. The van der Waals surface area contributed by atoms with Gasteiger partial charge in [-0.05, 0) is 0 Å². The molecule has 0 bridgehead atoms. The number of rotatable bonds is 3. The summed E-state index contributed by atoms with van der Waals surface area (Å²) in [5, 5.41) is 0. The minimum atomic E-state index is -1.26. The molecule has 0 unspecified atom stereocenters. The summed E-state index contributed by atoms with van der Waals surface area (Å²) < 4.78 is 5.73. The van der Waals surface area contributed by atoms with Crippen LogP contribution in [0.2, 0.25) is 4.75 Å². The molecule has 2 nitrogen and oxygen atoms in total. The van der Waals surface area contributed by atoms with E-state index in [-0.39, 0.29) is 0 Å². The molecule has 0 fully saturated rings. The summed E-state index contributed by atoms with van der Waals surface area (Å²) >= 11 is -1.26. The average molecular weight is 205 g/mol. The molecule has 0 atom stereocenters. The molecule has 0 amide bonds. The zero-order valence-electron chi connectivity index (χ0n) is 8.05. The first-order chi connectivity index (χ1) is 4.46. The van der Waals surface area contributed by atoms with E-state index in [1.54, 1.807) is 0 Å². The van der Waals surface area contributed by atoms with Crippen LogP contribution < -0.4 is 0 Å². The van der Waals surface area contributed by atoms with Gasteiger partial charge in [-0.25, -0.2) is 0 Å². The van der Waals surface area contributed by atoms with Crippen molar-refractivity contribution in [3.05, 3.63) is 0 Å². The Balaban J connectivity index is 3.98. The molecule has 0 rings (SSSR count). The first kappa shape index (κ1) is 10.5. The van der Waals surface area contributed by atoms with Crippen LogP contribution in [0.25, 0.3) is 0 Å². The fraction of sp³-hybridized carbons (Fsp3) is 1.00. The van der Waals surface area contributed by atoms with Gasteiger partial charge in [0.15, 0.2) is 0 Å². The Bertz CT molecular complexity index is 72.6. The van der Waals surface area contributed by atoms with E-state index in [4.69, 9.17) is 0 Å². The van der Waals surface area contributed by atoms with Crippen LogP contribution in [0.3, 0.4) is 0 Å². The van der Waals surface area contributed by atoms with Crippen molar-refractivity contribution >= 4 is 14.8 Å². The molecule has 3 heteroatoms. The second kappa shape index (κ2) is 4.36. The van der Waals surface area contributed by atoms with Crippen molar-refractivity contribution in [2.24, 2.45) is 0 Å². The van der Waals surface area contributed by atoms with Crippen LogP contribution >= 0.6 is 0 Å². The average Bonchev–Trinajstić information content (AvgIpc) is 1.59. The molecule has 62 valence electrons. The van der Waals surface area contributed by atoms with Crippen LogP contribution in [0.1, 0.15) is 13.8 Å². The third kappa shape index (κ3) is 3.03. The number of nitrogens with zero attached hydrogens (tertiary/aromatic N) is 2. The van der Waals surface area contributed by atoms with Crippen molar-refractivity contribution in [3.8, 4) is 0 Å². The molecule has 0 aromatic heterocycles. The molecule has 0 N–H and O–H groups in total. The monoisotopic (exact) mass is 206 g/mol. The van der Waals surface area contributed by atoms with Crippen molar-refractivity contribution in [3.63, 3.8) is 0 Å². The summed E-state index contributed by atoms with van der Waals surface area (Å²) in [6, 6.07) is 0. The molecule has 0 saturated carbocycles. The Morgan fingerprint density at radius 1 is 0.900 bits per heavy atom. The van der Waals surface area contributed by atoms with Crippen LogP contribution in [-0.4, -0.2) is 50.7 Å². The summed E-state index contributed by atoms with van der Waals surface area (Å²) in [5.41, 5.74) is 0. The van der Waals surface area contributed by atoms with Crippen LogP contribution in [0.15, 0.2) is 0 Å². The topological polar surface area (TPSA) is 6.48 Å². The predicted molar refractivity (Wildman–Crippen MR) is 49.6 cm³/mol. The summed E-state index contributed by atoms with van der Waals surface area (Å²) in [6.45, 7) is 4.65. The normalized spacial score (nSPS) is 12.6. The van der Waals surface area contributed by atoms with Gasteiger partial charge in [-0.1, -0.05) is 0 Å². The number of hydrogen-bond acceptors (Lipinski definition) is 2. The molecule has 0 aromatic rings. The van der Waals surface area contributed by atoms with Gasteiger partial charge >= 0.3 is 69.3 Å². The van der Waals surface area contributed by atoms with Gasteiger partial charge in [-0.2, -0.15) is 0 Å². The van der Waals surface area contributed by atoms with E-state index >= 15 is 0 Å².